The molecular formula is C17H18N2OS. The summed E-state index contributed by atoms with van der Waals surface area (Å²) in [6, 6.07) is 14.4. The van der Waals surface area contributed by atoms with Gasteiger partial charge in [-0.15, -0.1) is 11.3 Å². The van der Waals surface area contributed by atoms with Crippen LogP contribution in [0.25, 0.3) is 10.2 Å². The second-order valence-corrected chi connectivity index (χ2v) is 6.13. The summed E-state index contributed by atoms with van der Waals surface area (Å²) in [6.07, 6.45) is 0.830. The maximum Gasteiger partial charge on any atom is 0.140 e. The third-order valence-corrected chi connectivity index (χ3v) is 4.33. The van der Waals surface area contributed by atoms with E-state index in [0.29, 0.717) is 13.2 Å². The fraction of sp³-hybridized carbons (Fsp3) is 0.235. The Hall–Kier alpha value is -1.91. The predicted octanol–water partition coefficient (Wildman–Crippen LogP) is 3.68. The Morgan fingerprint density at radius 3 is 2.86 bits per heavy atom. The minimum absolute atomic E-state index is 0.500. The predicted molar refractivity (Wildman–Crippen MR) is 87.9 cm³/mol. The van der Waals surface area contributed by atoms with E-state index in [1.807, 2.05) is 24.3 Å². The van der Waals surface area contributed by atoms with E-state index < -0.39 is 0 Å². The van der Waals surface area contributed by atoms with E-state index in [0.717, 1.165) is 22.7 Å². The van der Waals surface area contributed by atoms with Gasteiger partial charge in [-0.3, -0.25) is 0 Å². The summed E-state index contributed by atoms with van der Waals surface area (Å²) in [5.41, 5.74) is 9.10. The van der Waals surface area contributed by atoms with Crippen molar-refractivity contribution in [1.82, 2.24) is 4.98 Å². The van der Waals surface area contributed by atoms with Crippen LogP contribution in [0.5, 0.6) is 5.75 Å². The first-order chi connectivity index (χ1) is 10.3. The first-order valence-corrected chi connectivity index (χ1v) is 7.85. The molecule has 0 spiro atoms. The molecular weight excluding hydrogens is 280 g/mol. The van der Waals surface area contributed by atoms with Gasteiger partial charge in [0, 0.05) is 0 Å². The average Bonchev–Trinajstić information content (AvgIpc) is 2.89. The number of fused-ring (bicyclic) bond motifs is 1. The van der Waals surface area contributed by atoms with Crippen molar-refractivity contribution in [3.63, 3.8) is 0 Å². The Kier molecular flexibility index (Phi) is 4.18. The lowest BCUT2D eigenvalue weighted by Crippen LogP contribution is -2.05. The molecule has 0 saturated carbocycles. The quantitative estimate of drug-likeness (QED) is 0.781. The van der Waals surface area contributed by atoms with Gasteiger partial charge in [-0.25, -0.2) is 4.98 Å². The van der Waals surface area contributed by atoms with E-state index in [-0.39, 0.29) is 0 Å². The number of rotatable bonds is 5. The van der Waals surface area contributed by atoms with E-state index in [2.05, 4.69) is 30.1 Å². The summed E-state index contributed by atoms with van der Waals surface area (Å²) in [5, 5.41) is 0.996. The van der Waals surface area contributed by atoms with Crippen LogP contribution in [0.3, 0.4) is 0 Å². The van der Waals surface area contributed by atoms with Crippen LogP contribution in [-0.2, 0) is 13.0 Å². The molecule has 0 radical (unpaired) electrons. The highest BCUT2D eigenvalue weighted by molar-refractivity contribution is 7.18. The zero-order valence-electron chi connectivity index (χ0n) is 12.0. The summed E-state index contributed by atoms with van der Waals surface area (Å²) in [4.78, 5) is 4.59. The molecule has 0 aliphatic rings. The molecule has 0 saturated heterocycles. The molecule has 0 bridgehead atoms. The van der Waals surface area contributed by atoms with E-state index in [1.165, 1.54) is 15.8 Å². The molecule has 0 fully saturated rings. The molecule has 108 valence electrons. The van der Waals surface area contributed by atoms with Crippen LogP contribution < -0.4 is 10.5 Å². The molecule has 21 heavy (non-hydrogen) atoms. The van der Waals surface area contributed by atoms with Gasteiger partial charge in [0.2, 0.25) is 0 Å². The number of ether oxygens (including phenoxy) is 1. The number of hydrogen-bond donors (Lipinski definition) is 1. The number of benzene rings is 2. The molecule has 3 nitrogen and oxygen atoms in total. The van der Waals surface area contributed by atoms with Crippen LogP contribution in [0.4, 0.5) is 0 Å². The number of para-hydroxylation sites is 1. The monoisotopic (exact) mass is 298 g/mol. The first-order valence-electron chi connectivity index (χ1n) is 7.03. The molecule has 3 aromatic rings. The fourth-order valence-corrected chi connectivity index (χ4v) is 3.20. The van der Waals surface area contributed by atoms with Crippen LogP contribution in [0, 0.1) is 6.92 Å². The summed E-state index contributed by atoms with van der Waals surface area (Å²) in [5.74, 6) is 0.908. The van der Waals surface area contributed by atoms with E-state index in [4.69, 9.17) is 10.5 Å². The normalized spacial score (nSPS) is 11.0. The van der Waals surface area contributed by atoms with E-state index in [9.17, 15) is 0 Å². The van der Waals surface area contributed by atoms with Gasteiger partial charge in [-0.2, -0.15) is 0 Å². The average molecular weight is 298 g/mol. The summed E-state index contributed by atoms with van der Waals surface area (Å²) in [6.45, 7) is 3.21. The fourth-order valence-electron chi connectivity index (χ4n) is 2.32. The smallest absolute Gasteiger partial charge is 0.140 e. The molecule has 0 unspecified atom stereocenters. The van der Waals surface area contributed by atoms with Gasteiger partial charge in [0.25, 0.3) is 0 Å². The van der Waals surface area contributed by atoms with Crippen LogP contribution in [-0.4, -0.2) is 11.5 Å². The number of hydrogen-bond acceptors (Lipinski definition) is 4. The second-order valence-electron chi connectivity index (χ2n) is 5.01. The van der Waals surface area contributed by atoms with Crippen molar-refractivity contribution in [2.45, 2.75) is 20.0 Å². The maximum absolute atomic E-state index is 5.95. The summed E-state index contributed by atoms with van der Waals surface area (Å²) >= 11 is 1.68. The third-order valence-electron chi connectivity index (χ3n) is 3.32. The van der Waals surface area contributed by atoms with Crippen molar-refractivity contribution >= 4 is 21.6 Å². The zero-order valence-corrected chi connectivity index (χ0v) is 12.8. The minimum atomic E-state index is 0.500. The highest BCUT2D eigenvalue weighted by Crippen LogP contribution is 2.25. The number of nitrogens with two attached hydrogens (primary N) is 1. The van der Waals surface area contributed by atoms with Gasteiger partial charge in [0.05, 0.1) is 10.2 Å². The van der Waals surface area contributed by atoms with Crippen molar-refractivity contribution in [2.75, 3.05) is 6.54 Å². The van der Waals surface area contributed by atoms with Gasteiger partial charge in [0.1, 0.15) is 17.4 Å². The molecule has 0 aliphatic heterocycles. The van der Waals surface area contributed by atoms with Crippen LogP contribution in [0.2, 0.25) is 0 Å². The number of aromatic nitrogens is 1. The molecule has 1 heterocycles. The molecule has 0 atom stereocenters. The van der Waals surface area contributed by atoms with Gasteiger partial charge >= 0.3 is 0 Å². The lowest BCUT2D eigenvalue weighted by Gasteiger charge is -2.10. The van der Waals surface area contributed by atoms with Crippen LogP contribution in [0.15, 0.2) is 42.5 Å². The van der Waals surface area contributed by atoms with Crippen molar-refractivity contribution < 1.29 is 4.74 Å². The second kappa shape index (κ2) is 6.24. The molecule has 1 aromatic heterocycles. The Morgan fingerprint density at radius 1 is 1.19 bits per heavy atom. The molecule has 0 amide bonds. The van der Waals surface area contributed by atoms with Gasteiger partial charge in [-0.1, -0.05) is 29.8 Å². The SMILES string of the molecule is Cc1ccc(OCc2nc3ccccc3s2)c(CCN)c1. The van der Waals surface area contributed by atoms with Crippen molar-refractivity contribution in [1.29, 1.82) is 0 Å². The lowest BCUT2D eigenvalue weighted by atomic mass is 10.1. The molecule has 0 aliphatic carbocycles. The van der Waals surface area contributed by atoms with E-state index in [1.54, 1.807) is 11.3 Å². The van der Waals surface area contributed by atoms with Crippen molar-refractivity contribution in [2.24, 2.45) is 5.73 Å². The Labute approximate surface area is 128 Å². The first kappa shape index (κ1) is 14.0. The van der Waals surface area contributed by atoms with Crippen LogP contribution in [0.1, 0.15) is 16.1 Å². The largest absolute Gasteiger partial charge is 0.486 e. The summed E-state index contributed by atoms with van der Waals surface area (Å²) < 4.78 is 7.15. The number of thiazole rings is 1. The van der Waals surface area contributed by atoms with E-state index >= 15 is 0 Å². The number of nitrogens with zero attached hydrogens (tertiary/aromatic N) is 1. The maximum atomic E-state index is 5.95. The molecule has 2 aromatic carbocycles. The molecule has 4 heteroatoms. The summed E-state index contributed by atoms with van der Waals surface area (Å²) in [7, 11) is 0. The zero-order chi connectivity index (χ0) is 14.7. The third kappa shape index (κ3) is 3.23. The Balaban J connectivity index is 1.77. The topological polar surface area (TPSA) is 48.1 Å². The Morgan fingerprint density at radius 2 is 2.05 bits per heavy atom. The molecule has 2 N–H and O–H groups in total. The van der Waals surface area contributed by atoms with Gasteiger partial charge < -0.3 is 10.5 Å². The Bertz CT molecular complexity index is 718. The highest BCUT2D eigenvalue weighted by atomic mass is 32.1. The van der Waals surface area contributed by atoms with Gasteiger partial charge in [-0.05, 0) is 43.7 Å². The van der Waals surface area contributed by atoms with Crippen LogP contribution >= 0.6 is 11.3 Å². The minimum Gasteiger partial charge on any atom is -0.486 e. The standard InChI is InChI=1S/C17H18N2OS/c1-12-6-7-15(13(10-12)8-9-18)20-11-17-19-14-4-2-3-5-16(14)21-17/h2-7,10H,8-9,11,18H2,1H3. The highest BCUT2D eigenvalue weighted by Gasteiger charge is 2.07. The lowest BCUT2D eigenvalue weighted by molar-refractivity contribution is 0.302. The van der Waals surface area contributed by atoms with Crippen molar-refractivity contribution in [3.8, 4) is 5.75 Å². The number of aryl methyl sites for hydroxylation is 1. The van der Waals surface area contributed by atoms with Crippen molar-refractivity contribution in [3.05, 3.63) is 58.6 Å². The van der Waals surface area contributed by atoms with Gasteiger partial charge in [0.15, 0.2) is 0 Å². The molecule has 3 rings (SSSR count).